The lowest BCUT2D eigenvalue weighted by molar-refractivity contribution is 0.0694. The van der Waals surface area contributed by atoms with Crippen LogP contribution in [0.1, 0.15) is 41.4 Å². The molecule has 3 N–H and O–H groups in total. The van der Waals surface area contributed by atoms with Gasteiger partial charge in [0.2, 0.25) is 5.43 Å². The van der Waals surface area contributed by atoms with Crippen molar-refractivity contribution in [3.05, 3.63) is 68.2 Å². The van der Waals surface area contributed by atoms with Gasteiger partial charge in [-0.25, -0.2) is 9.18 Å². The Morgan fingerprint density at radius 3 is 2.40 bits per heavy atom. The fourth-order valence-corrected chi connectivity index (χ4v) is 4.94. The number of methoxy groups -OCH3 is 1. The normalized spacial score (nSPS) is 12.8. The van der Waals surface area contributed by atoms with E-state index in [1.807, 2.05) is 13.8 Å². The van der Waals surface area contributed by atoms with Crippen LogP contribution in [0.2, 0.25) is 5.02 Å². The quantitative estimate of drug-likeness (QED) is 0.377. The van der Waals surface area contributed by atoms with Crippen molar-refractivity contribution in [1.82, 2.24) is 4.57 Å². The summed E-state index contributed by atoms with van der Waals surface area (Å²) in [6.07, 6.45) is 0.987. The molecule has 0 unspecified atom stereocenters. The summed E-state index contributed by atoms with van der Waals surface area (Å²) < 4.78 is 53.8. The number of hydrogen-bond donors (Lipinski definition) is 3. The molecule has 12 heteroatoms. The van der Waals surface area contributed by atoms with Gasteiger partial charge in [0.05, 0.1) is 30.3 Å². The first-order chi connectivity index (χ1) is 16.3. The summed E-state index contributed by atoms with van der Waals surface area (Å²) in [7, 11) is -3.39. The maximum atomic E-state index is 14.9. The lowest BCUT2D eigenvalue weighted by Gasteiger charge is -2.25. The number of aliphatic hydroxyl groups excluding tert-OH is 1. The van der Waals surface area contributed by atoms with Crippen LogP contribution in [0.5, 0.6) is 5.75 Å². The fourth-order valence-electron chi connectivity index (χ4n) is 3.91. The first-order valence-electron chi connectivity index (χ1n) is 10.4. The van der Waals surface area contributed by atoms with Gasteiger partial charge in [-0.05, 0) is 29.2 Å². The number of carbonyl (C=O) groups is 1. The predicted octanol–water partition coefficient (Wildman–Crippen LogP) is 3.53. The number of aliphatic hydroxyl groups is 1. The predicted molar refractivity (Wildman–Crippen MR) is 127 cm³/mol. The summed E-state index contributed by atoms with van der Waals surface area (Å²) in [6.45, 7) is 3.35. The van der Waals surface area contributed by atoms with Gasteiger partial charge in [-0.2, -0.15) is 8.42 Å². The summed E-state index contributed by atoms with van der Waals surface area (Å²) in [5.74, 6) is -2.40. The van der Waals surface area contributed by atoms with Gasteiger partial charge < -0.3 is 19.5 Å². The first kappa shape index (κ1) is 26.6. The molecular formula is C23H23ClFNO8S. The molecule has 2 aromatic carbocycles. The number of nitrogens with zero attached hydrogens (tertiary/aromatic N) is 1. The number of fused-ring (bicyclic) bond motifs is 1. The third-order valence-electron chi connectivity index (χ3n) is 5.76. The Morgan fingerprint density at radius 2 is 1.89 bits per heavy atom. The maximum absolute atomic E-state index is 14.9. The van der Waals surface area contributed by atoms with Gasteiger partial charge in [0, 0.05) is 24.1 Å². The zero-order chi connectivity index (χ0) is 26.2. The molecule has 0 bridgehead atoms. The van der Waals surface area contributed by atoms with Crippen LogP contribution in [0.25, 0.3) is 10.9 Å². The van der Waals surface area contributed by atoms with E-state index in [9.17, 15) is 37.2 Å². The minimum Gasteiger partial charge on any atom is -0.496 e. The number of hydrogen-bond acceptors (Lipinski definition) is 6. The molecule has 0 saturated carbocycles. The highest BCUT2D eigenvalue weighted by atomic mass is 35.5. The number of ether oxygens (including phenoxy) is 1. The molecule has 0 aliphatic carbocycles. The zero-order valence-corrected chi connectivity index (χ0v) is 20.5. The minimum atomic E-state index is -4.75. The molecule has 0 spiro atoms. The average molecular weight is 528 g/mol. The van der Waals surface area contributed by atoms with Gasteiger partial charge in [0.25, 0.3) is 10.1 Å². The number of carboxylic acid groups (broad SMARTS) is 1. The van der Waals surface area contributed by atoms with E-state index in [1.165, 1.54) is 30.0 Å². The molecule has 188 valence electrons. The highest BCUT2D eigenvalue weighted by molar-refractivity contribution is 7.86. The summed E-state index contributed by atoms with van der Waals surface area (Å²) in [5.41, 5.74) is -0.711. The van der Waals surface area contributed by atoms with E-state index in [1.54, 1.807) is 0 Å². The Bertz CT molecular complexity index is 1480. The number of halogens is 2. The van der Waals surface area contributed by atoms with Crippen molar-refractivity contribution < 1.29 is 37.1 Å². The van der Waals surface area contributed by atoms with Crippen LogP contribution >= 0.6 is 11.6 Å². The molecule has 35 heavy (non-hydrogen) atoms. The van der Waals surface area contributed by atoms with Crippen LogP contribution in [0, 0.1) is 11.7 Å². The summed E-state index contributed by atoms with van der Waals surface area (Å²) in [6, 6.07) is 4.40. The van der Waals surface area contributed by atoms with Crippen molar-refractivity contribution in [1.29, 1.82) is 0 Å². The SMILES string of the molecule is COc1cc2c(cc1Cc1ccc(S(=O)(=O)O)c(Cl)c1F)c(=O)c(C(=O)O)cn2[C@H](CO)C(C)C. The second kappa shape index (κ2) is 9.94. The Kier molecular flexibility index (Phi) is 7.56. The minimum absolute atomic E-state index is 0.0147. The second-order valence-corrected chi connectivity index (χ2v) is 10.0. The Morgan fingerprint density at radius 1 is 1.23 bits per heavy atom. The van der Waals surface area contributed by atoms with Crippen LogP contribution in [0.4, 0.5) is 4.39 Å². The molecule has 9 nitrogen and oxygen atoms in total. The van der Waals surface area contributed by atoms with E-state index < -0.39 is 48.9 Å². The molecule has 1 heterocycles. The number of rotatable bonds is 8. The van der Waals surface area contributed by atoms with E-state index in [-0.39, 0.29) is 35.6 Å². The van der Waals surface area contributed by atoms with Crippen LogP contribution in [0.3, 0.4) is 0 Å². The van der Waals surface area contributed by atoms with Gasteiger partial charge >= 0.3 is 5.97 Å². The average Bonchev–Trinajstić information content (AvgIpc) is 2.77. The first-order valence-corrected chi connectivity index (χ1v) is 12.2. The largest absolute Gasteiger partial charge is 0.496 e. The molecule has 0 amide bonds. The molecule has 0 aliphatic heterocycles. The van der Waals surface area contributed by atoms with E-state index in [2.05, 4.69) is 0 Å². The highest BCUT2D eigenvalue weighted by Crippen LogP contribution is 2.33. The molecular weight excluding hydrogens is 505 g/mol. The van der Waals surface area contributed by atoms with Crippen LogP contribution in [0.15, 0.2) is 40.2 Å². The topological polar surface area (TPSA) is 143 Å². The zero-order valence-electron chi connectivity index (χ0n) is 18.9. The molecule has 1 atom stereocenters. The number of benzene rings is 2. The van der Waals surface area contributed by atoms with Gasteiger partial charge in [-0.3, -0.25) is 9.35 Å². The smallest absolute Gasteiger partial charge is 0.341 e. The summed E-state index contributed by atoms with van der Waals surface area (Å²) >= 11 is 5.81. The van der Waals surface area contributed by atoms with Crippen LogP contribution in [-0.2, 0) is 16.5 Å². The van der Waals surface area contributed by atoms with E-state index in [4.69, 9.17) is 16.3 Å². The van der Waals surface area contributed by atoms with Crippen molar-refractivity contribution in [3.8, 4) is 5.75 Å². The maximum Gasteiger partial charge on any atom is 0.341 e. The Hall–Kier alpha value is -2.99. The summed E-state index contributed by atoms with van der Waals surface area (Å²) in [4.78, 5) is 24.0. The van der Waals surface area contributed by atoms with Crippen molar-refractivity contribution in [3.63, 3.8) is 0 Å². The lowest BCUT2D eigenvalue weighted by atomic mass is 9.98. The lowest BCUT2D eigenvalue weighted by Crippen LogP contribution is -2.25. The number of aromatic carboxylic acids is 1. The van der Waals surface area contributed by atoms with Crippen LogP contribution in [-0.4, -0.2) is 47.4 Å². The molecule has 0 aliphatic rings. The Balaban J connectivity index is 2.29. The molecule has 3 rings (SSSR count). The van der Waals surface area contributed by atoms with Crippen molar-refractivity contribution >= 4 is 38.6 Å². The van der Waals surface area contributed by atoms with Gasteiger partial charge in [-0.1, -0.05) is 31.5 Å². The van der Waals surface area contributed by atoms with Gasteiger partial charge in [0.1, 0.15) is 22.0 Å². The molecule has 0 radical (unpaired) electrons. The van der Waals surface area contributed by atoms with Gasteiger partial charge in [0.15, 0.2) is 0 Å². The third-order valence-corrected chi connectivity index (χ3v) is 7.14. The van der Waals surface area contributed by atoms with E-state index in [0.717, 1.165) is 12.1 Å². The monoisotopic (exact) mass is 527 g/mol. The second-order valence-electron chi connectivity index (χ2n) is 8.26. The van der Waals surface area contributed by atoms with Crippen molar-refractivity contribution in [2.24, 2.45) is 5.92 Å². The van der Waals surface area contributed by atoms with E-state index >= 15 is 0 Å². The number of aromatic nitrogens is 1. The molecule has 0 saturated heterocycles. The standard InChI is InChI=1S/C23H23ClFNO8S/c1-11(2)17(10-27)26-9-15(23(29)30)22(28)14-7-13(18(34-3)8-16(14)26)6-12-4-5-19(35(31,32)33)20(24)21(12)25/h4-5,7-9,11,17,27H,6,10H2,1-3H3,(H,29,30)(H,31,32,33)/t17-/m1/s1. The summed E-state index contributed by atoms with van der Waals surface area (Å²) in [5, 5.41) is 18.7. The molecule has 1 aromatic heterocycles. The Labute approximate surface area is 205 Å². The highest BCUT2D eigenvalue weighted by Gasteiger charge is 2.24. The van der Waals surface area contributed by atoms with Crippen molar-refractivity contribution in [2.75, 3.05) is 13.7 Å². The molecule has 0 fully saturated rings. The van der Waals surface area contributed by atoms with Crippen LogP contribution < -0.4 is 10.2 Å². The van der Waals surface area contributed by atoms with Gasteiger partial charge in [-0.15, -0.1) is 0 Å². The van der Waals surface area contributed by atoms with Crippen molar-refractivity contribution in [2.45, 2.75) is 31.2 Å². The molecule has 3 aromatic rings. The number of carboxylic acids is 1. The number of pyridine rings is 1. The fraction of sp³-hybridized carbons (Fsp3) is 0.304. The van der Waals surface area contributed by atoms with E-state index in [0.29, 0.717) is 11.1 Å². The third kappa shape index (κ3) is 5.03.